The van der Waals surface area contributed by atoms with Gasteiger partial charge in [-0.2, -0.15) is 0 Å². The second-order valence-corrected chi connectivity index (χ2v) is 9.50. The molecule has 0 aliphatic rings. The molecule has 0 saturated carbocycles. The Bertz CT molecular complexity index is 1000. The quantitative estimate of drug-likeness (QED) is 0.634. The molecule has 3 aromatic heterocycles. The Balaban J connectivity index is 1.80. The van der Waals surface area contributed by atoms with Gasteiger partial charge in [-0.3, -0.25) is 14.2 Å². The number of carbonyl (C=O) groups excluding carboxylic acids is 1. The first kappa shape index (κ1) is 19.8. The van der Waals surface area contributed by atoms with Gasteiger partial charge in [-0.05, 0) is 44.7 Å². The highest BCUT2D eigenvalue weighted by Gasteiger charge is 2.16. The van der Waals surface area contributed by atoms with Crippen molar-refractivity contribution >= 4 is 38.8 Å². The fourth-order valence-corrected chi connectivity index (χ4v) is 4.83. The summed E-state index contributed by atoms with van der Waals surface area (Å²) >= 11 is 3.12. The van der Waals surface area contributed by atoms with Crippen LogP contribution in [0.1, 0.15) is 38.5 Å². The minimum atomic E-state index is -0.160. The molecule has 3 heterocycles. The van der Waals surface area contributed by atoms with Crippen LogP contribution in [0.4, 0.5) is 0 Å². The molecule has 0 aromatic carbocycles. The fourth-order valence-electron chi connectivity index (χ4n) is 2.97. The minimum absolute atomic E-state index is 0.00739. The number of fused-ring (bicyclic) bond motifs is 1. The van der Waals surface area contributed by atoms with E-state index in [1.807, 2.05) is 31.4 Å². The van der Waals surface area contributed by atoms with Crippen molar-refractivity contribution in [3.63, 3.8) is 0 Å². The van der Waals surface area contributed by atoms with Crippen molar-refractivity contribution in [1.82, 2.24) is 14.9 Å². The van der Waals surface area contributed by atoms with Crippen molar-refractivity contribution in [2.75, 3.05) is 0 Å². The number of nitrogens with zero attached hydrogens (tertiary/aromatic N) is 2. The van der Waals surface area contributed by atoms with E-state index < -0.39 is 0 Å². The average molecular weight is 404 g/mol. The van der Waals surface area contributed by atoms with Crippen LogP contribution in [0.3, 0.4) is 0 Å². The standard InChI is InChI=1S/C20H25N3O2S2/c1-12(2)5-6-13(3)22-17(24)9-23-11-21-19-18(20(23)25)15(10-26-19)16-8-7-14(4)27-16/h7-8,10-13H,5-6,9H2,1-4H3,(H,22,24)/t13-/m1/s1. The van der Waals surface area contributed by atoms with Crippen LogP contribution in [-0.4, -0.2) is 21.5 Å². The molecule has 144 valence electrons. The molecule has 0 unspecified atom stereocenters. The monoisotopic (exact) mass is 403 g/mol. The summed E-state index contributed by atoms with van der Waals surface area (Å²) in [6.45, 7) is 8.38. The number of aromatic nitrogens is 2. The number of amides is 1. The molecule has 0 aliphatic heterocycles. The van der Waals surface area contributed by atoms with E-state index >= 15 is 0 Å². The van der Waals surface area contributed by atoms with Gasteiger partial charge in [0.25, 0.3) is 5.56 Å². The predicted octanol–water partition coefficient (Wildman–Crippen LogP) is 4.44. The Morgan fingerprint density at radius 2 is 2.04 bits per heavy atom. The molecule has 3 aromatic rings. The SMILES string of the molecule is Cc1ccc(-c2csc3ncn(CC(=O)N[C@H](C)CCC(C)C)c(=O)c23)s1. The van der Waals surface area contributed by atoms with E-state index in [9.17, 15) is 9.59 Å². The Hall–Kier alpha value is -1.99. The van der Waals surface area contributed by atoms with Crippen LogP contribution in [0, 0.1) is 12.8 Å². The molecular weight excluding hydrogens is 378 g/mol. The Labute approximate surface area is 167 Å². The smallest absolute Gasteiger partial charge is 0.263 e. The molecule has 1 amide bonds. The lowest BCUT2D eigenvalue weighted by Gasteiger charge is -2.15. The Kier molecular flexibility index (Phi) is 6.11. The van der Waals surface area contributed by atoms with Gasteiger partial charge in [-0.1, -0.05) is 13.8 Å². The number of nitrogens with one attached hydrogen (secondary N) is 1. The highest BCUT2D eigenvalue weighted by atomic mass is 32.1. The zero-order chi connectivity index (χ0) is 19.6. The van der Waals surface area contributed by atoms with Gasteiger partial charge < -0.3 is 5.32 Å². The fraction of sp³-hybridized carbons (Fsp3) is 0.450. The molecule has 3 rings (SSSR count). The molecule has 0 bridgehead atoms. The first-order valence-corrected chi connectivity index (χ1v) is 10.9. The maximum atomic E-state index is 13.0. The molecule has 0 radical (unpaired) electrons. The Morgan fingerprint density at radius 3 is 2.70 bits per heavy atom. The zero-order valence-corrected chi connectivity index (χ0v) is 17.7. The number of hydrogen-bond acceptors (Lipinski definition) is 5. The van der Waals surface area contributed by atoms with Gasteiger partial charge in [-0.25, -0.2) is 4.98 Å². The van der Waals surface area contributed by atoms with Crippen molar-refractivity contribution in [2.24, 2.45) is 5.92 Å². The molecule has 7 heteroatoms. The maximum Gasteiger partial charge on any atom is 0.263 e. The highest BCUT2D eigenvalue weighted by Crippen LogP contribution is 2.34. The lowest BCUT2D eigenvalue weighted by atomic mass is 10.0. The molecule has 0 fully saturated rings. The minimum Gasteiger partial charge on any atom is -0.352 e. The molecule has 0 aliphatic carbocycles. The van der Waals surface area contributed by atoms with Gasteiger partial charge in [-0.15, -0.1) is 22.7 Å². The van der Waals surface area contributed by atoms with Gasteiger partial charge in [0.05, 0.1) is 11.7 Å². The third kappa shape index (κ3) is 4.65. The van der Waals surface area contributed by atoms with Crippen LogP contribution < -0.4 is 10.9 Å². The van der Waals surface area contributed by atoms with Gasteiger partial charge >= 0.3 is 0 Å². The van der Waals surface area contributed by atoms with E-state index in [-0.39, 0.29) is 24.1 Å². The van der Waals surface area contributed by atoms with Crippen LogP contribution in [-0.2, 0) is 11.3 Å². The lowest BCUT2D eigenvalue weighted by Crippen LogP contribution is -2.37. The molecule has 1 atom stereocenters. The van der Waals surface area contributed by atoms with E-state index in [0.717, 1.165) is 23.3 Å². The van der Waals surface area contributed by atoms with E-state index in [2.05, 4.69) is 24.1 Å². The van der Waals surface area contributed by atoms with E-state index in [1.165, 1.54) is 27.1 Å². The van der Waals surface area contributed by atoms with Crippen molar-refractivity contribution in [3.05, 3.63) is 39.1 Å². The average Bonchev–Trinajstić information content (AvgIpc) is 3.21. The second-order valence-electron chi connectivity index (χ2n) is 7.36. The van der Waals surface area contributed by atoms with Crippen molar-refractivity contribution in [2.45, 2.75) is 53.1 Å². The van der Waals surface area contributed by atoms with Crippen LogP contribution >= 0.6 is 22.7 Å². The summed E-state index contributed by atoms with van der Waals surface area (Å²) in [5.41, 5.74) is 0.748. The Morgan fingerprint density at radius 1 is 1.26 bits per heavy atom. The zero-order valence-electron chi connectivity index (χ0n) is 16.1. The molecule has 5 nitrogen and oxygen atoms in total. The van der Waals surface area contributed by atoms with Crippen molar-refractivity contribution < 1.29 is 4.79 Å². The third-order valence-electron chi connectivity index (χ3n) is 4.46. The van der Waals surface area contributed by atoms with Crippen LogP contribution in [0.25, 0.3) is 20.7 Å². The third-order valence-corrected chi connectivity index (χ3v) is 6.39. The molecule has 27 heavy (non-hydrogen) atoms. The second kappa shape index (κ2) is 8.35. The normalized spacial score (nSPS) is 12.6. The number of rotatable bonds is 7. The number of thiophene rings is 2. The van der Waals surface area contributed by atoms with Gasteiger partial charge in [0.15, 0.2) is 0 Å². The maximum absolute atomic E-state index is 13.0. The lowest BCUT2D eigenvalue weighted by molar-refractivity contribution is -0.122. The van der Waals surface area contributed by atoms with E-state index in [0.29, 0.717) is 16.1 Å². The van der Waals surface area contributed by atoms with E-state index in [4.69, 9.17) is 0 Å². The van der Waals surface area contributed by atoms with Crippen LogP contribution in [0.15, 0.2) is 28.6 Å². The van der Waals surface area contributed by atoms with Gasteiger partial charge in [0.1, 0.15) is 11.4 Å². The van der Waals surface area contributed by atoms with Gasteiger partial charge in [0.2, 0.25) is 5.91 Å². The largest absolute Gasteiger partial charge is 0.352 e. The van der Waals surface area contributed by atoms with Crippen LogP contribution in [0.5, 0.6) is 0 Å². The summed E-state index contributed by atoms with van der Waals surface area (Å²) in [4.78, 5) is 32.7. The number of carbonyl (C=O) groups is 1. The van der Waals surface area contributed by atoms with Gasteiger partial charge in [0, 0.05) is 26.7 Å². The van der Waals surface area contributed by atoms with Crippen LogP contribution in [0.2, 0.25) is 0 Å². The van der Waals surface area contributed by atoms with E-state index in [1.54, 1.807) is 11.3 Å². The summed E-state index contributed by atoms with van der Waals surface area (Å²) in [5, 5.41) is 5.56. The van der Waals surface area contributed by atoms with Crippen molar-refractivity contribution in [1.29, 1.82) is 0 Å². The summed E-state index contributed by atoms with van der Waals surface area (Å²) < 4.78 is 1.41. The predicted molar refractivity (Wildman–Crippen MR) is 114 cm³/mol. The summed E-state index contributed by atoms with van der Waals surface area (Å²) in [5.74, 6) is 0.453. The molecular formula is C20H25N3O2S2. The summed E-state index contributed by atoms with van der Waals surface area (Å²) in [6, 6.07) is 4.17. The highest BCUT2D eigenvalue weighted by molar-refractivity contribution is 7.19. The summed E-state index contributed by atoms with van der Waals surface area (Å²) in [6.07, 6.45) is 3.47. The number of hydrogen-bond donors (Lipinski definition) is 1. The number of aryl methyl sites for hydroxylation is 1. The molecule has 0 saturated heterocycles. The summed E-state index contributed by atoms with van der Waals surface area (Å²) in [7, 11) is 0. The molecule has 1 N–H and O–H groups in total. The molecule has 0 spiro atoms. The first-order chi connectivity index (χ1) is 12.8. The topological polar surface area (TPSA) is 64.0 Å². The first-order valence-electron chi connectivity index (χ1n) is 9.18. The van der Waals surface area contributed by atoms with Crippen molar-refractivity contribution in [3.8, 4) is 10.4 Å².